The number of aromatic amines is 1. The van der Waals surface area contributed by atoms with Crippen molar-refractivity contribution >= 4 is 18.3 Å². The molecule has 1 aliphatic rings. The van der Waals surface area contributed by atoms with Crippen molar-refractivity contribution in [1.82, 2.24) is 20.4 Å². The minimum absolute atomic E-state index is 0. The van der Waals surface area contributed by atoms with E-state index in [2.05, 4.69) is 15.5 Å². The Morgan fingerprint density at radius 3 is 3.00 bits per heavy atom. The van der Waals surface area contributed by atoms with Crippen LogP contribution >= 0.6 is 12.4 Å². The topological polar surface area (TPSA) is 61.0 Å². The van der Waals surface area contributed by atoms with Gasteiger partial charge in [-0.25, -0.2) is 0 Å². The number of nitrogens with one attached hydrogen (secondary N) is 2. The monoisotopic (exact) mass is 244 g/mol. The summed E-state index contributed by atoms with van der Waals surface area (Å²) in [6, 6.07) is 0. The van der Waals surface area contributed by atoms with Crippen LogP contribution in [0.15, 0.2) is 0 Å². The van der Waals surface area contributed by atoms with Gasteiger partial charge >= 0.3 is 0 Å². The number of rotatable bonds is 2. The molecule has 2 heterocycles. The lowest BCUT2D eigenvalue weighted by atomic mass is 10.1. The van der Waals surface area contributed by atoms with Crippen molar-refractivity contribution in [2.75, 3.05) is 20.1 Å². The number of aromatic nitrogens is 2. The molecule has 6 heteroatoms. The fourth-order valence-corrected chi connectivity index (χ4v) is 1.73. The molecule has 0 saturated heterocycles. The maximum Gasteiger partial charge on any atom is 0.274 e. The maximum atomic E-state index is 11.9. The molecule has 0 atom stereocenters. The molecule has 16 heavy (non-hydrogen) atoms. The lowest BCUT2D eigenvalue weighted by molar-refractivity contribution is 0.0795. The molecule has 0 radical (unpaired) electrons. The van der Waals surface area contributed by atoms with E-state index in [-0.39, 0.29) is 18.3 Å². The van der Waals surface area contributed by atoms with E-state index in [0.29, 0.717) is 12.2 Å². The number of amides is 1. The van der Waals surface area contributed by atoms with Gasteiger partial charge in [0.1, 0.15) is 0 Å². The fraction of sp³-hybridized carbons (Fsp3) is 0.600. The molecule has 0 unspecified atom stereocenters. The molecule has 0 aliphatic carbocycles. The van der Waals surface area contributed by atoms with Crippen LogP contribution in [0.5, 0.6) is 0 Å². The molecule has 1 aromatic heterocycles. The zero-order valence-electron chi connectivity index (χ0n) is 9.54. The molecular formula is C10H17ClN4O. The highest BCUT2D eigenvalue weighted by atomic mass is 35.5. The van der Waals surface area contributed by atoms with Gasteiger partial charge in [-0.1, -0.05) is 0 Å². The third kappa shape index (κ3) is 2.20. The number of carbonyl (C=O) groups excluding carboxylic acids is 1. The summed E-state index contributed by atoms with van der Waals surface area (Å²) in [5.74, 6) is -0.00120. The summed E-state index contributed by atoms with van der Waals surface area (Å²) in [5.41, 5.74) is 2.70. The number of halogens is 1. The molecule has 0 saturated carbocycles. The first-order chi connectivity index (χ1) is 7.24. The van der Waals surface area contributed by atoms with Crippen LogP contribution in [0.25, 0.3) is 0 Å². The first-order valence-electron chi connectivity index (χ1n) is 5.26. The Balaban J connectivity index is 0.00000128. The van der Waals surface area contributed by atoms with E-state index in [4.69, 9.17) is 0 Å². The molecule has 0 spiro atoms. The molecule has 2 rings (SSSR count). The smallest absolute Gasteiger partial charge is 0.274 e. The Kier molecular flexibility index (Phi) is 4.32. The number of nitrogens with zero attached hydrogens (tertiary/aromatic N) is 2. The largest absolute Gasteiger partial charge is 0.341 e. The van der Waals surface area contributed by atoms with Crippen LogP contribution < -0.4 is 5.32 Å². The van der Waals surface area contributed by atoms with Gasteiger partial charge in [-0.2, -0.15) is 5.10 Å². The molecule has 90 valence electrons. The molecule has 0 bridgehead atoms. The van der Waals surface area contributed by atoms with Gasteiger partial charge in [-0.3, -0.25) is 9.89 Å². The van der Waals surface area contributed by atoms with Crippen LogP contribution in [0.2, 0.25) is 0 Å². The van der Waals surface area contributed by atoms with Crippen LogP contribution in [0.4, 0.5) is 0 Å². The standard InChI is InChI=1S/C10H16N4O.ClH/c1-3-14(2)10(15)9-7-6-11-5-4-8(7)12-13-9;/h11H,3-6H2,1-2H3,(H,12,13);1H. The minimum Gasteiger partial charge on any atom is -0.341 e. The van der Waals surface area contributed by atoms with Gasteiger partial charge in [0.05, 0.1) is 0 Å². The number of carbonyl (C=O) groups is 1. The van der Waals surface area contributed by atoms with Gasteiger partial charge in [0.25, 0.3) is 5.91 Å². The Labute approximate surface area is 101 Å². The van der Waals surface area contributed by atoms with Crippen LogP contribution in [0.1, 0.15) is 28.7 Å². The third-order valence-electron chi connectivity index (χ3n) is 2.83. The van der Waals surface area contributed by atoms with Crippen molar-refractivity contribution in [3.05, 3.63) is 17.0 Å². The van der Waals surface area contributed by atoms with Crippen molar-refractivity contribution in [3.8, 4) is 0 Å². The summed E-state index contributed by atoms with van der Waals surface area (Å²) in [6.07, 6.45) is 0.922. The lowest BCUT2D eigenvalue weighted by Gasteiger charge is -2.16. The maximum absolute atomic E-state index is 11.9. The molecular weight excluding hydrogens is 228 g/mol. The zero-order valence-corrected chi connectivity index (χ0v) is 10.4. The Morgan fingerprint density at radius 2 is 2.31 bits per heavy atom. The van der Waals surface area contributed by atoms with E-state index in [0.717, 1.165) is 30.8 Å². The average Bonchev–Trinajstić information content (AvgIpc) is 2.70. The van der Waals surface area contributed by atoms with E-state index >= 15 is 0 Å². The summed E-state index contributed by atoms with van der Waals surface area (Å²) >= 11 is 0. The fourth-order valence-electron chi connectivity index (χ4n) is 1.73. The van der Waals surface area contributed by atoms with Gasteiger partial charge in [-0.05, 0) is 6.92 Å². The second-order valence-corrected chi connectivity index (χ2v) is 3.78. The number of H-pyrrole nitrogens is 1. The molecule has 1 aromatic rings. The van der Waals surface area contributed by atoms with E-state index in [1.165, 1.54) is 0 Å². The van der Waals surface area contributed by atoms with E-state index in [9.17, 15) is 4.79 Å². The summed E-state index contributed by atoms with van der Waals surface area (Å²) in [6.45, 7) is 4.35. The van der Waals surface area contributed by atoms with Crippen LogP contribution in [0, 0.1) is 0 Å². The van der Waals surface area contributed by atoms with Crippen molar-refractivity contribution in [2.24, 2.45) is 0 Å². The van der Waals surface area contributed by atoms with Gasteiger partial charge in [0.15, 0.2) is 5.69 Å². The predicted octanol–water partition coefficient (Wildman–Crippen LogP) is 0.569. The quantitative estimate of drug-likeness (QED) is 0.800. The van der Waals surface area contributed by atoms with Crippen LogP contribution in [-0.2, 0) is 13.0 Å². The van der Waals surface area contributed by atoms with Crippen molar-refractivity contribution < 1.29 is 4.79 Å². The SMILES string of the molecule is CCN(C)C(=O)c1n[nH]c2c1CNCC2.Cl. The first kappa shape index (κ1) is 13.0. The highest BCUT2D eigenvalue weighted by molar-refractivity contribution is 5.93. The molecule has 1 amide bonds. The van der Waals surface area contributed by atoms with E-state index in [1.807, 2.05) is 6.92 Å². The van der Waals surface area contributed by atoms with Gasteiger partial charge in [0.2, 0.25) is 0 Å². The van der Waals surface area contributed by atoms with E-state index in [1.54, 1.807) is 11.9 Å². The molecule has 2 N–H and O–H groups in total. The number of fused-ring (bicyclic) bond motifs is 1. The Morgan fingerprint density at radius 1 is 1.56 bits per heavy atom. The minimum atomic E-state index is -0.00120. The zero-order chi connectivity index (χ0) is 10.8. The van der Waals surface area contributed by atoms with Crippen LogP contribution in [-0.4, -0.2) is 41.1 Å². The highest BCUT2D eigenvalue weighted by Gasteiger charge is 2.22. The Bertz CT molecular complexity index is 377. The molecule has 0 aromatic carbocycles. The summed E-state index contributed by atoms with van der Waals surface area (Å²) in [5, 5.41) is 10.3. The first-order valence-corrected chi connectivity index (χ1v) is 5.26. The van der Waals surface area contributed by atoms with Crippen LogP contribution in [0.3, 0.4) is 0 Å². The summed E-state index contributed by atoms with van der Waals surface area (Å²) in [4.78, 5) is 13.6. The second kappa shape index (κ2) is 5.32. The Hall–Kier alpha value is -1.07. The summed E-state index contributed by atoms with van der Waals surface area (Å²) < 4.78 is 0. The van der Waals surface area contributed by atoms with Gasteiger partial charge < -0.3 is 10.2 Å². The van der Waals surface area contributed by atoms with Gasteiger partial charge in [0, 0.05) is 44.4 Å². The normalized spacial score (nSPS) is 13.9. The lowest BCUT2D eigenvalue weighted by Crippen LogP contribution is -2.30. The van der Waals surface area contributed by atoms with Gasteiger partial charge in [-0.15, -0.1) is 12.4 Å². The molecule has 5 nitrogen and oxygen atoms in total. The molecule has 0 fully saturated rings. The second-order valence-electron chi connectivity index (χ2n) is 3.78. The predicted molar refractivity (Wildman–Crippen MR) is 63.9 cm³/mol. The average molecular weight is 245 g/mol. The summed E-state index contributed by atoms with van der Waals surface area (Å²) in [7, 11) is 1.79. The van der Waals surface area contributed by atoms with Crippen molar-refractivity contribution in [2.45, 2.75) is 19.9 Å². The van der Waals surface area contributed by atoms with Crippen molar-refractivity contribution in [3.63, 3.8) is 0 Å². The molecule has 1 aliphatic heterocycles. The van der Waals surface area contributed by atoms with E-state index < -0.39 is 0 Å². The number of hydrogen-bond donors (Lipinski definition) is 2. The third-order valence-corrected chi connectivity index (χ3v) is 2.83. The highest BCUT2D eigenvalue weighted by Crippen LogP contribution is 2.16. The van der Waals surface area contributed by atoms with Crippen molar-refractivity contribution in [1.29, 1.82) is 0 Å². The number of hydrogen-bond acceptors (Lipinski definition) is 3.